The summed E-state index contributed by atoms with van der Waals surface area (Å²) in [5.74, 6) is 0. The number of rotatable bonds is 5. The van der Waals surface area contributed by atoms with E-state index in [1.54, 1.807) is 7.11 Å². The minimum atomic E-state index is -0.659. The maximum atomic E-state index is 9.70. The van der Waals surface area contributed by atoms with E-state index in [4.69, 9.17) is 4.84 Å². The van der Waals surface area contributed by atoms with Gasteiger partial charge in [-0.05, 0) is 25.0 Å². The zero-order valence-corrected chi connectivity index (χ0v) is 9.58. The molecule has 0 saturated carbocycles. The topological polar surface area (TPSA) is 41.5 Å². The second kappa shape index (κ2) is 5.26. The highest BCUT2D eigenvalue weighted by Crippen LogP contribution is 2.13. The Kier molecular flexibility index (Phi) is 4.27. The van der Waals surface area contributed by atoms with Crippen LogP contribution in [0.1, 0.15) is 25.0 Å². The number of hydroxylamine groups is 1. The lowest BCUT2D eigenvalue weighted by atomic mass is 9.97. The van der Waals surface area contributed by atoms with Crippen LogP contribution in [0, 0.1) is 0 Å². The normalized spacial score (nSPS) is 11.7. The predicted molar refractivity (Wildman–Crippen MR) is 60.3 cm³/mol. The van der Waals surface area contributed by atoms with Crippen molar-refractivity contribution >= 4 is 0 Å². The smallest absolute Gasteiger partial charge is 0.0631 e. The van der Waals surface area contributed by atoms with E-state index < -0.39 is 5.60 Å². The van der Waals surface area contributed by atoms with Crippen molar-refractivity contribution in [3.05, 3.63) is 35.4 Å². The Morgan fingerprint density at radius 3 is 2.60 bits per heavy atom. The molecule has 2 N–H and O–H groups in total. The lowest BCUT2D eigenvalue weighted by Crippen LogP contribution is -2.22. The third kappa shape index (κ3) is 4.93. The molecule has 0 aromatic heterocycles. The van der Waals surface area contributed by atoms with Gasteiger partial charge in [-0.3, -0.25) is 0 Å². The van der Waals surface area contributed by atoms with Crippen molar-refractivity contribution in [3.8, 4) is 0 Å². The Morgan fingerprint density at radius 1 is 1.33 bits per heavy atom. The van der Waals surface area contributed by atoms with E-state index in [0.29, 0.717) is 13.0 Å². The molecule has 3 heteroatoms. The average molecular weight is 209 g/mol. The van der Waals surface area contributed by atoms with Crippen LogP contribution in [-0.4, -0.2) is 17.8 Å². The number of benzene rings is 1. The largest absolute Gasteiger partial charge is 0.390 e. The van der Waals surface area contributed by atoms with Gasteiger partial charge >= 0.3 is 0 Å². The van der Waals surface area contributed by atoms with E-state index in [2.05, 4.69) is 11.5 Å². The summed E-state index contributed by atoms with van der Waals surface area (Å²) in [6.45, 7) is 4.30. The summed E-state index contributed by atoms with van der Waals surface area (Å²) < 4.78 is 0. The van der Waals surface area contributed by atoms with Crippen LogP contribution in [0.5, 0.6) is 0 Å². The molecular formula is C12H19NO2. The number of hydrogen-bond acceptors (Lipinski definition) is 3. The van der Waals surface area contributed by atoms with Crippen molar-refractivity contribution in [1.29, 1.82) is 0 Å². The van der Waals surface area contributed by atoms with Gasteiger partial charge in [0.25, 0.3) is 0 Å². The third-order valence-corrected chi connectivity index (χ3v) is 2.05. The Hall–Kier alpha value is -0.900. The Morgan fingerprint density at radius 2 is 2.00 bits per heavy atom. The first kappa shape index (κ1) is 12.2. The van der Waals surface area contributed by atoms with Gasteiger partial charge in [-0.1, -0.05) is 24.3 Å². The van der Waals surface area contributed by atoms with Crippen LogP contribution in [0.2, 0.25) is 0 Å². The Labute approximate surface area is 91.0 Å². The van der Waals surface area contributed by atoms with Gasteiger partial charge in [0, 0.05) is 13.0 Å². The van der Waals surface area contributed by atoms with E-state index >= 15 is 0 Å². The van der Waals surface area contributed by atoms with E-state index in [9.17, 15) is 5.11 Å². The Bertz CT molecular complexity index is 305. The minimum Gasteiger partial charge on any atom is -0.390 e. The van der Waals surface area contributed by atoms with Gasteiger partial charge in [-0.25, -0.2) is 0 Å². The van der Waals surface area contributed by atoms with Crippen molar-refractivity contribution in [1.82, 2.24) is 5.48 Å². The molecule has 0 aliphatic heterocycles. The minimum absolute atomic E-state index is 0.659. The molecule has 0 spiro atoms. The molecule has 0 fully saturated rings. The van der Waals surface area contributed by atoms with Crippen LogP contribution >= 0.6 is 0 Å². The second-order valence-electron chi connectivity index (χ2n) is 4.33. The van der Waals surface area contributed by atoms with E-state index in [1.807, 2.05) is 32.0 Å². The third-order valence-electron chi connectivity index (χ3n) is 2.05. The lowest BCUT2D eigenvalue weighted by Gasteiger charge is -2.17. The molecule has 15 heavy (non-hydrogen) atoms. The summed E-state index contributed by atoms with van der Waals surface area (Å²) in [6.07, 6.45) is 0.661. The first-order valence-electron chi connectivity index (χ1n) is 5.07. The summed E-state index contributed by atoms with van der Waals surface area (Å²) in [4.78, 5) is 4.79. The van der Waals surface area contributed by atoms with Gasteiger partial charge in [-0.2, -0.15) is 5.48 Å². The molecule has 1 rings (SSSR count). The van der Waals surface area contributed by atoms with E-state index in [0.717, 1.165) is 11.1 Å². The molecule has 0 aliphatic rings. The van der Waals surface area contributed by atoms with Crippen LogP contribution in [0.4, 0.5) is 0 Å². The summed E-state index contributed by atoms with van der Waals surface area (Å²) in [7, 11) is 1.60. The van der Waals surface area contributed by atoms with Crippen molar-refractivity contribution in [3.63, 3.8) is 0 Å². The van der Waals surface area contributed by atoms with Gasteiger partial charge < -0.3 is 9.94 Å². The highest BCUT2D eigenvalue weighted by atomic mass is 16.6. The van der Waals surface area contributed by atoms with Crippen LogP contribution in [0.25, 0.3) is 0 Å². The fraction of sp³-hybridized carbons (Fsp3) is 0.500. The summed E-state index contributed by atoms with van der Waals surface area (Å²) in [6, 6.07) is 8.12. The molecular weight excluding hydrogens is 190 g/mol. The van der Waals surface area contributed by atoms with Crippen LogP contribution in [0.15, 0.2) is 24.3 Å². The zero-order chi connectivity index (χ0) is 11.3. The maximum Gasteiger partial charge on any atom is 0.0631 e. The number of hydrogen-bond donors (Lipinski definition) is 2. The summed E-state index contributed by atoms with van der Waals surface area (Å²) in [5.41, 5.74) is 4.42. The van der Waals surface area contributed by atoms with Crippen molar-refractivity contribution in [2.45, 2.75) is 32.4 Å². The molecule has 0 bridgehead atoms. The zero-order valence-electron chi connectivity index (χ0n) is 9.58. The van der Waals surface area contributed by atoms with Gasteiger partial charge in [0.05, 0.1) is 12.7 Å². The highest BCUT2D eigenvalue weighted by Gasteiger charge is 2.13. The predicted octanol–water partition coefficient (Wildman–Crippen LogP) is 1.65. The van der Waals surface area contributed by atoms with Crippen LogP contribution in [-0.2, 0) is 17.8 Å². The van der Waals surface area contributed by atoms with Crippen LogP contribution < -0.4 is 5.48 Å². The summed E-state index contributed by atoms with van der Waals surface area (Å²) >= 11 is 0. The standard InChI is InChI=1S/C12H19NO2/c1-12(2,14)8-10-5-4-6-11(7-10)9-13-15-3/h4-7,13-14H,8-9H2,1-3H3. The van der Waals surface area contributed by atoms with Crippen LogP contribution in [0.3, 0.4) is 0 Å². The Balaban J connectivity index is 2.66. The average Bonchev–Trinajstić information content (AvgIpc) is 2.12. The van der Waals surface area contributed by atoms with E-state index in [1.165, 1.54) is 0 Å². The van der Waals surface area contributed by atoms with Gasteiger partial charge in [0.15, 0.2) is 0 Å². The molecule has 0 aliphatic carbocycles. The van der Waals surface area contributed by atoms with Crippen molar-refractivity contribution in [2.24, 2.45) is 0 Å². The van der Waals surface area contributed by atoms with Gasteiger partial charge in [0.1, 0.15) is 0 Å². The SMILES string of the molecule is CONCc1cccc(CC(C)(C)O)c1. The first-order valence-corrected chi connectivity index (χ1v) is 5.07. The molecule has 0 heterocycles. The quantitative estimate of drug-likeness (QED) is 0.724. The van der Waals surface area contributed by atoms with E-state index in [-0.39, 0.29) is 0 Å². The summed E-state index contributed by atoms with van der Waals surface area (Å²) in [5, 5.41) is 9.70. The molecule has 1 aromatic rings. The first-order chi connectivity index (χ1) is 7.01. The molecule has 84 valence electrons. The van der Waals surface area contributed by atoms with Crippen molar-refractivity contribution < 1.29 is 9.94 Å². The fourth-order valence-corrected chi connectivity index (χ4v) is 1.50. The number of nitrogens with one attached hydrogen (secondary N) is 1. The molecule has 0 saturated heterocycles. The molecule has 0 atom stereocenters. The van der Waals surface area contributed by atoms with Gasteiger partial charge in [-0.15, -0.1) is 0 Å². The fourth-order valence-electron chi connectivity index (χ4n) is 1.50. The number of aliphatic hydroxyl groups is 1. The van der Waals surface area contributed by atoms with Crippen molar-refractivity contribution in [2.75, 3.05) is 7.11 Å². The monoisotopic (exact) mass is 209 g/mol. The maximum absolute atomic E-state index is 9.70. The molecule has 0 amide bonds. The lowest BCUT2D eigenvalue weighted by molar-refractivity contribution is 0.0807. The molecule has 3 nitrogen and oxygen atoms in total. The highest BCUT2D eigenvalue weighted by molar-refractivity contribution is 5.24. The van der Waals surface area contributed by atoms with Gasteiger partial charge in [0.2, 0.25) is 0 Å². The molecule has 1 aromatic carbocycles. The molecule has 0 unspecified atom stereocenters. The second-order valence-corrected chi connectivity index (χ2v) is 4.33. The molecule has 0 radical (unpaired) electrons.